The van der Waals surface area contributed by atoms with E-state index in [0.29, 0.717) is 28.1 Å². The number of hydrogen-bond donors (Lipinski definition) is 2. The molecule has 4 nitrogen and oxygen atoms in total. The van der Waals surface area contributed by atoms with Gasteiger partial charge in [-0.1, -0.05) is 35.9 Å². The van der Waals surface area contributed by atoms with Crippen LogP contribution in [-0.4, -0.2) is 9.97 Å². The second kappa shape index (κ2) is 8.08. The second-order valence-corrected chi connectivity index (χ2v) is 8.57. The zero-order valence-electron chi connectivity index (χ0n) is 16.8. The zero-order chi connectivity index (χ0) is 21.4. The van der Waals surface area contributed by atoms with E-state index in [1.54, 1.807) is 0 Å². The van der Waals surface area contributed by atoms with Crippen molar-refractivity contribution in [3.05, 3.63) is 86.3 Å². The number of rotatable bonds is 5. The molecule has 154 valence electrons. The van der Waals surface area contributed by atoms with Gasteiger partial charge in [-0.05, 0) is 44.0 Å². The Morgan fingerprint density at radius 1 is 1.10 bits per heavy atom. The molecule has 2 heterocycles. The highest BCUT2D eigenvalue weighted by atomic mass is 32.1. The van der Waals surface area contributed by atoms with E-state index in [0.717, 1.165) is 27.6 Å². The monoisotopic (exact) mass is 425 g/mol. The lowest BCUT2D eigenvalue weighted by Gasteiger charge is -2.14. The quantitative estimate of drug-likeness (QED) is 0.450. The average molecular weight is 426 g/mol. The summed E-state index contributed by atoms with van der Waals surface area (Å²) in [4.78, 5) is 22.1. The van der Waals surface area contributed by atoms with Crippen LogP contribution in [0.25, 0.3) is 21.3 Å². The van der Waals surface area contributed by atoms with Gasteiger partial charge in [0.1, 0.15) is 10.7 Å². The van der Waals surface area contributed by atoms with E-state index in [2.05, 4.69) is 15.3 Å². The predicted octanol–water partition coefficient (Wildman–Crippen LogP) is 5.40. The number of aryl methyl sites for hydroxylation is 2. The summed E-state index contributed by atoms with van der Waals surface area (Å²) < 4.78 is 26.6. The highest BCUT2D eigenvalue weighted by molar-refractivity contribution is 7.19. The molecule has 4 rings (SSSR count). The molecule has 2 aromatic heterocycles. The molecule has 0 aliphatic carbocycles. The first-order valence-electron chi connectivity index (χ1n) is 9.61. The van der Waals surface area contributed by atoms with Crippen molar-refractivity contribution in [2.24, 2.45) is 0 Å². The van der Waals surface area contributed by atoms with Crippen LogP contribution in [0, 0.1) is 25.5 Å². The van der Waals surface area contributed by atoms with E-state index < -0.39 is 11.6 Å². The van der Waals surface area contributed by atoms with Crippen molar-refractivity contribution >= 4 is 21.6 Å². The molecular formula is C23H21F2N3OS. The van der Waals surface area contributed by atoms with Crippen LogP contribution in [0.15, 0.2) is 47.3 Å². The van der Waals surface area contributed by atoms with Crippen LogP contribution >= 0.6 is 11.3 Å². The van der Waals surface area contributed by atoms with Crippen LogP contribution in [0.4, 0.5) is 8.78 Å². The summed E-state index contributed by atoms with van der Waals surface area (Å²) in [5.74, 6) is -1.26. The number of hydrogen-bond acceptors (Lipinski definition) is 4. The van der Waals surface area contributed by atoms with Gasteiger partial charge in [-0.2, -0.15) is 0 Å². The summed E-state index contributed by atoms with van der Waals surface area (Å²) in [5, 5.41) is 3.79. The number of halogens is 2. The topological polar surface area (TPSA) is 57.8 Å². The Labute approximate surface area is 176 Å². The van der Waals surface area contributed by atoms with Gasteiger partial charge in [0.2, 0.25) is 0 Å². The van der Waals surface area contributed by atoms with Gasteiger partial charge in [-0.15, -0.1) is 11.3 Å². The lowest BCUT2D eigenvalue weighted by molar-refractivity contribution is 0.499. The van der Waals surface area contributed by atoms with E-state index in [9.17, 15) is 13.6 Å². The van der Waals surface area contributed by atoms with Crippen LogP contribution in [0.1, 0.15) is 34.8 Å². The minimum absolute atomic E-state index is 0.183. The Morgan fingerprint density at radius 3 is 2.53 bits per heavy atom. The molecule has 0 saturated carbocycles. The van der Waals surface area contributed by atoms with Crippen molar-refractivity contribution < 1.29 is 8.78 Å². The zero-order valence-corrected chi connectivity index (χ0v) is 17.7. The number of H-pyrrole nitrogens is 1. The normalized spacial score (nSPS) is 12.4. The van der Waals surface area contributed by atoms with Crippen molar-refractivity contribution in [3.8, 4) is 11.1 Å². The number of nitrogens with one attached hydrogen (secondary N) is 2. The fourth-order valence-electron chi connectivity index (χ4n) is 3.46. The van der Waals surface area contributed by atoms with Gasteiger partial charge in [0.15, 0.2) is 11.6 Å². The van der Waals surface area contributed by atoms with Crippen LogP contribution in [0.5, 0.6) is 0 Å². The minimum atomic E-state index is -0.883. The molecule has 0 amide bonds. The van der Waals surface area contributed by atoms with Crippen molar-refractivity contribution in [1.82, 2.24) is 15.3 Å². The Balaban J connectivity index is 1.61. The van der Waals surface area contributed by atoms with Crippen molar-refractivity contribution in [1.29, 1.82) is 0 Å². The maximum atomic E-state index is 13.5. The molecule has 0 saturated heterocycles. The summed E-state index contributed by atoms with van der Waals surface area (Å²) >= 11 is 1.49. The number of aromatic nitrogens is 2. The predicted molar refractivity (Wildman–Crippen MR) is 117 cm³/mol. The lowest BCUT2D eigenvalue weighted by atomic mass is 10.0. The summed E-state index contributed by atoms with van der Waals surface area (Å²) in [5.41, 5.74) is 3.50. The van der Waals surface area contributed by atoms with Gasteiger partial charge in [0, 0.05) is 16.5 Å². The molecule has 0 unspecified atom stereocenters. The number of fused-ring (bicyclic) bond motifs is 1. The Hall–Kier alpha value is -2.90. The van der Waals surface area contributed by atoms with Crippen molar-refractivity contribution in [2.75, 3.05) is 0 Å². The molecule has 2 N–H and O–H groups in total. The first kappa shape index (κ1) is 20.4. The SMILES string of the molecule is Cc1ccc(-c2c(C)sc3nc(CN[C@H](C)c4ccc(F)c(F)c4)[nH]c(=O)c23)cc1. The lowest BCUT2D eigenvalue weighted by Crippen LogP contribution is -2.22. The summed E-state index contributed by atoms with van der Waals surface area (Å²) in [7, 11) is 0. The molecule has 0 radical (unpaired) electrons. The van der Waals surface area contributed by atoms with Crippen molar-refractivity contribution in [3.63, 3.8) is 0 Å². The average Bonchev–Trinajstić information content (AvgIpc) is 3.05. The molecule has 0 aliphatic rings. The van der Waals surface area contributed by atoms with E-state index in [4.69, 9.17) is 0 Å². The molecular weight excluding hydrogens is 404 g/mol. The fourth-order valence-corrected chi connectivity index (χ4v) is 4.53. The van der Waals surface area contributed by atoms with Gasteiger partial charge in [0.25, 0.3) is 5.56 Å². The van der Waals surface area contributed by atoms with Crippen molar-refractivity contribution in [2.45, 2.75) is 33.4 Å². The molecule has 7 heteroatoms. The van der Waals surface area contributed by atoms with E-state index in [-0.39, 0.29) is 11.6 Å². The largest absolute Gasteiger partial charge is 0.309 e. The van der Waals surface area contributed by atoms with Gasteiger partial charge in [-0.25, -0.2) is 13.8 Å². The van der Waals surface area contributed by atoms with Crippen LogP contribution in [0.3, 0.4) is 0 Å². The number of nitrogens with zero attached hydrogens (tertiary/aromatic N) is 1. The van der Waals surface area contributed by atoms with Gasteiger partial charge < -0.3 is 10.3 Å². The molecule has 0 spiro atoms. The second-order valence-electron chi connectivity index (χ2n) is 7.37. The first-order chi connectivity index (χ1) is 14.3. The maximum Gasteiger partial charge on any atom is 0.260 e. The van der Waals surface area contributed by atoms with E-state index in [1.807, 2.05) is 45.0 Å². The number of thiophene rings is 1. The number of benzene rings is 2. The number of aromatic amines is 1. The van der Waals surface area contributed by atoms with Gasteiger partial charge >= 0.3 is 0 Å². The summed E-state index contributed by atoms with van der Waals surface area (Å²) in [6, 6.07) is 11.7. The molecule has 0 bridgehead atoms. The third-order valence-electron chi connectivity index (χ3n) is 5.15. The first-order valence-corrected chi connectivity index (χ1v) is 10.4. The molecule has 30 heavy (non-hydrogen) atoms. The Morgan fingerprint density at radius 2 is 1.83 bits per heavy atom. The van der Waals surface area contributed by atoms with Gasteiger partial charge in [-0.3, -0.25) is 4.79 Å². The Bertz CT molecular complexity index is 1280. The maximum absolute atomic E-state index is 13.5. The molecule has 0 fully saturated rings. The third kappa shape index (κ3) is 3.91. The molecule has 4 aromatic rings. The highest BCUT2D eigenvalue weighted by Crippen LogP contribution is 2.35. The smallest absolute Gasteiger partial charge is 0.260 e. The summed E-state index contributed by atoms with van der Waals surface area (Å²) in [6.45, 7) is 6.15. The highest BCUT2D eigenvalue weighted by Gasteiger charge is 2.17. The van der Waals surface area contributed by atoms with E-state index in [1.165, 1.54) is 23.5 Å². The van der Waals surface area contributed by atoms with Crippen LogP contribution in [-0.2, 0) is 6.54 Å². The van der Waals surface area contributed by atoms with Crippen LogP contribution < -0.4 is 10.9 Å². The summed E-state index contributed by atoms with van der Waals surface area (Å²) in [6.07, 6.45) is 0. The van der Waals surface area contributed by atoms with Gasteiger partial charge in [0.05, 0.1) is 11.9 Å². The molecule has 0 aliphatic heterocycles. The van der Waals surface area contributed by atoms with Crippen LogP contribution in [0.2, 0.25) is 0 Å². The van der Waals surface area contributed by atoms with E-state index >= 15 is 0 Å². The fraction of sp³-hybridized carbons (Fsp3) is 0.217. The molecule has 2 aromatic carbocycles. The minimum Gasteiger partial charge on any atom is -0.309 e. The molecule has 1 atom stereocenters. The third-order valence-corrected chi connectivity index (χ3v) is 6.15. The standard InChI is InChI=1S/C23H21F2N3OS/c1-12-4-6-15(7-5-12)20-14(3)30-23-21(20)22(29)27-19(28-23)11-26-13(2)16-8-9-17(24)18(25)10-16/h4-10,13,26H,11H2,1-3H3,(H,27,28,29)/t13-/m1/s1. The Kier molecular flexibility index (Phi) is 5.49.